The maximum atomic E-state index is 12.8. The predicted molar refractivity (Wildman–Crippen MR) is 104 cm³/mol. The molecule has 1 aliphatic rings. The molecule has 0 bridgehead atoms. The molecule has 2 aromatic rings. The average Bonchev–Trinajstić information content (AvgIpc) is 2.67. The first-order valence-corrected chi connectivity index (χ1v) is 9.24. The summed E-state index contributed by atoms with van der Waals surface area (Å²) < 4.78 is 10.8. The van der Waals surface area contributed by atoms with Crippen LogP contribution in [0.4, 0.5) is 5.69 Å². The van der Waals surface area contributed by atoms with Gasteiger partial charge in [0.15, 0.2) is 12.7 Å². The Labute approximate surface area is 159 Å². The molecule has 27 heavy (non-hydrogen) atoms. The van der Waals surface area contributed by atoms with Crippen LogP contribution in [0.2, 0.25) is 0 Å². The van der Waals surface area contributed by atoms with E-state index in [1.165, 1.54) is 0 Å². The molecule has 1 aliphatic heterocycles. The minimum atomic E-state index is -0.855. The first kappa shape index (κ1) is 19.0. The normalized spacial score (nSPS) is 14.3. The van der Waals surface area contributed by atoms with Gasteiger partial charge in [-0.25, -0.2) is 4.79 Å². The van der Waals surface area contributed by atoms with Crippen molar-refractivity contribution in [3.05, 3.63) is 59.2 Å². The lowest BCUT2D eigenvalue weighted by molar-refractivity contribution is -0.155. The van der Waals surface area contributed by atoms with Gasteiger partial charge < -0.3 is 14.4 Å². The molecule has 1 atom stereocenters. The van der Waals surface area contributed by atoms with Crippen LogP contribution in [0.1, 0.15) is 30.0 Å². The van der Waals surface area contributed by atoms with Gasteiger partial charge in [0.1, 0.15) is 5.75 Å². The standard InChI is InChI=1S/C22H25NO4/c1-15-10-11-19(13-16(15)2)26-14-21(24)27-17(3)22(25)23-12-6-8-18-7-4-5-9-20(18)23/h4-5,7,9-11,13,17H,6,8,12,14H2,1-3H3. The zero-order valence-electron chi connectivity index (χ0n) is 16.0. The number of benzene rings is 2. The molecule has 0 aromatic heterocycles. The van der Waals surface area contributed by atoms with E-state index in [-0.39, 0.29) is 12.5 Å². The molecular formula is C22H25NO4. The van der Waals surface area contributed by atoms with E-state index in [1.807, 2.05) is 56.3 Å². The smallest absolute Gasteiger partial charge is 0.344 e. The zero-order chi connectivity index (χ0) is 19.4. The second-order valence-electron chi connectivity index (χ2n) is 6.89. The lowest BCUT2D eigenvalue weighted by Crippen LogP contribution is -2.43. The highest BCUT2D eigenvalue weighted by molar-refractivity contribution is 5.98. The largest absolute Gasteiger partial charge is 0.482 e. The Balaban J connectivity index is 1.56. The van der Waals surface area contributed by atoms with E-state index in [0.29, 0.717) is 12.3 Å². The molecule has 2 aromatic carbocycles. The summed E-state index contributed by atoms with van der Waals surface area (Å²) in [5.41, 5.74) is 4.30. The van der Waals surface area contributed by atoms with E-state index < -0.39 is 12.1 Å². The fourth-order valence-corrected chi connectivity index (χ4v) is 3.21. The highest BCUT2D eigenvalue weighted by Gasteiger charge is 2.28. The number of rotatable bonds is 5. The molecular weight excluding hydrogens is 342 g/mol. The summed E-state index contributed by atoms with van der Waals surface area (Å²) in [6.45, 7) is 6.01. The molecule has 0 saturated heterocycles. The number of esters is 1. The van der Waals surface area contributed by atoms with E-state index in [1.54, 1.807) is 11.8 Å². The minimum Gasteiger partial charge on any atom is -0.482 e. The first-order valence-electron chi connectivity index (χ1n) is 9.24. The van der Waals surface area contributed by atoms with Crippen LogP contribution in [-0.2, 0) is 20.7 Å². The Kier molecular flexibility index (Phi) is 5.79. The molecule has 5 heteroatoms. The van der Waals surface area contributed by atoms with Crippen molar-refractivity contribution in [3.63, 3.8) is 0 Å². The maximum Gasteiger partial charge on any atom is 0.344 e. The van der Waals surface area contributed by atoms with Crippen molar-refractivity contribution >= 4 is 17.6 Å². The maximum absolute atomic E-state index is 12.8. The van der Waals surface area contributed by atoms with Crippen LogP contribution in [0.3, 0.4) is 0 Å². The number of nitrogens with zero attached hydrogens (tertiary/aromatic N) is 1. The lowest BCUT2D eigenvalue weighted by Gasteiger charge is -2.31. The van der Waals surface area contributed by atoms with Crippen molar-refractivity contribution < 1.29 is 19.1 Å². The van der Waals surface area contributed by atoms with Gasteiger partial charge in [-0.1, -0.05) is 24.3 Å². The van der Waals surface area contributed by atoms with Gasteiger partial charge in [0, 0.05) is 12.2 Å². The van der Waals surface area contributed by atoms with Gasteiger partial charge >= 0.3 is 5.97 Å². The van der Waals surface area contributed by atoms with Crippen LogP contribution in [0.5, 0.6) is 5.75 Å². The molecule has 0 spiro atoms. The van der Waals surface area contributed by atoms with Gasteiger partial charge in [0.05, 0.1) is 0 Å². The van der Waals surface area contributed by atoms with Crippen LogP contribution in [0.15, 0.2) is 42.5 Å². The summed E-state index contributed by atoms with van der Waals surface area (Å²) in [6.07, 6.45) is 1.00. The molecule has 5 nitrogen and oxygen atoms in total. The number of hydrogen-bond donors (Lipinski definition) is 0. The van der Waals surface area contributed by atoms with Gasteiger partial charge in [0.2, 0.25) is 0 Å². The van der Waals surface area contributed by atoms with Gasteiger partial charge in [-0.15, -0.1) is 0 Å². The molecule has 142 valence electrons. The number of carbonyl (C=O) groups excluding carboxylic acids is 2. The van der Waals surface area contributed by atoms with E-state index in [2.05, 4.69) is 0 Å². The fourth-order valence-electron chi connectivity index (χ4n) is 3.21. The van der Waals surface area contributed by atoms with Gasteiger partial charge in [-0.05, 0) is 68.5 Å². The summed E-state index contributed by atoms with van der Waals surface area (Å²) >= 11 is 0. The van der Waals surface area contributed by atoms with Crippen molar-refractivity contribution in [3.8, 4) is 5.75 Å². The van der Waals surface area contributed by atoms with E-state index in [9.17, 15) is 9.59 Å². The zero-order valence-corrected chi connectivity index (χ0v) is 16.0. The van der Waals surface area contributed by atoms with Crippen molar-refractivity contribution in [1.29, 1.82) is 0 Å². The number of fused-ring (bicyclic) bond motifs is 1. The van der Waals surface area contributed by atoms with Crippen molar-refractivity contribution in [2.24, 2.45) is 0 Å². The second-order valence-corrected chi connectivity index (χ2v) is 6.89. The topological polar surface area (TPSA) is 55.8 Å². The molecule has 0 saturated carbocycles. The highest BCUT2D eigenvalue weighted by Crippen LogP contribution is 2.27. The van der Waals surface area contributed by atoms with Crippen LogP contribution in [0.25, 0.3) is 0 Å². The van der Waals surface area contributed by atoms with Crippen molar-refractivity contribution in [2.45, 2.75) is 39.7 Å². The Morgan fingerprint density at radius 1 is 1.11 bits per heavy atom. The SMILES string of the molecule is Cc1ccc(OCC(=O)OC(C)C(=O)N2CCCc3ccccc32)cc1C. The highest BCUT2D eigenvalue weighted by atomic mass is 16.6. The van der Waals surface area contributed by atoms with Crippen molar-refractivity contribution in [2.75, 3.05) is 18.1 Å². The third-order valence-corrected chi connectivity index (χ3v) is 4.87. The van der Waals surface area contributed by atoms with Crippen LogP contribution in [0, 0.1) is 13.8 Å². The third kappa shape index (κ3) is 4.48. The van der Waals surface area contributed by atoms with Gasteiger partial charge in [-0.2, -0.15) is 0 Å². The fraction of sp³-hybridized carbons (Fsp3) is 0.364. The molecule has 1 amide bonds. The van der Waals surface area contributed by atoms with Crippen LogP contribution < -0.4 is 9.64 Å². The Morgan fingerprint density at radius 2 is 1.89 bits per heavy atom. The number of aryl methyl sites for hydroxylation is 3. The molecule has 1 heterocycles. The van der Waals surface area contributed by atoms with E-state index in [4.69, 9.17) is 9.47 Å². The molecule has 0 N–H and O–H groups in total. The molecule has 0 aliphatic carbocycles. The number of para-hydroxylation sites is 1. The number of anilines is 1. The predicted octanol–water partition coefficient (Wildman–Crippen LogP) is 3.59. The van der Waals surface area contributed by atoms with Gasteiger partial charge in [0.25, 0.3) is 5.91 Å². The molecule has 0 radical (unpaired) electrons. The van der Waals surface area contributed by atoms with E-state index >= 15 is 0 Å². The number of hydrogen-bond acceptors (Lipinski definition) is 4. The van der Waals surface area contributed by atoms with E-state index in [0.717, 1.165) is 35.2 Å². The first-order chi connectivity index (χ1) is 13.0. The Hall–Kier alpha value is -2.82. The summed E-state index contributed by atoms with van der Waals surface area (Å²) in [5.74, 6) is -0.153. The average molecular weight is 367 g/mol. The summed E-state index contributed by atoms with van der Waals surface area (Å²) in [5, 5.41) is 0. The third-order valence-electron chi connectivity index (χ3n) is 4.87. The number of amides is 1. The number of ether oxygens (including phenoxy) is 2. The minimum absolute atomic E-state index is 0.207. The molecule has 3 rings (SSSR count). The lowest BCUT2D eigenvalue weighted by atomic mass is 10.0. The number of carbonyl (C=O) groups is 2. The summed E-state index contributed by atoms with van der Waals surface area (Å²) in [6, 6.07) is 13.5. The summed E-state index contributed by atoms with van der Waals surface area (Å²) in [4.78, 5) is 26.6. The monoisotopic (exact) mass is 367 g/mol. The summed E-state index contributed by atoms with van der Waals surface area (Å²) in [7, 11) is 0. The van der Waals surface area contributed by atoms with Crippen LogP contribution >= 0.6 is 0 Å². The van der Waals surface area contributed by atoms with Crippen LogP contribution in [-0.4, -0.2) is 31.1 Å². The second kappa shape index (κ2) is 8.25. The molecule has 0 fully saturated rings. The molecule has 1 unspecified atom stereocenters. The Bertz CT molecular complexity index is 846. The van der Waals surface area contributed by atoms with Crippen molar-refractivity contribution in [1.82, 2.24) is 0 Å². The van der Waals surface area contributed by atoms with Gasteiger partial charge in [-0.3, -0.25) is 4.79 Å². The quantitative estimate of drug-likeness (QED) is 0.758. The Morgan fingerprint density at radius 3 is 2.67 bits per heavy atom.